The topological polar surface area (TPSA) is 62.5 Å². The summed E-state index contributed by atoms with van der Waals surface area (Å²) in [5.41, 5.74) is 4.58. The molecule has 1 aliphatic rings. The second kappa shape index (κ2) is 10.8. The van der Waals surface area contributed by atoms with Gasteiger partial charge in [0, 0.05) is 38.1 Å². The quantitative estimate of drug-likeness (QED) is 0.484. The molecular weight excluding hydrogens is 412 g/mol. The zero-order chi connectivity index (χ0) is 23.2. The standard InChI is InChI=1S/C27H34N4O2/c1-20(2)25-15-26(33-29-25)27(32)31(18-23-8-6-12-28-16-23)17-22-10-13-30(14-11-22)19-24-9-5-4-7-21(24)3/h4-9,12,15-16,20,22H,10-11,13-14,17-19H2,1-3H3. The Morgan fingerprint density at radius 1 is 1.18 bits per heavy atom. The van der Waals surface area contributed by atoms with Crippen molar-refractivity contribution < 1.29 is 9.32 Å². The number of likely N-dealkylation sites (tertiary alicyclic amines) is 1. The number of aromatic nitrogens is 2. The molecule has 0 bridgehead atoms. The molecule has 0 atom stereocenters. The van der Waals surface area contributed by atoms with E-state index in [0.717, 1.165) is 43.7 Å². The monoisotopic (exact) mass is 446 g/mol. The van der Waals surface area contributed by atoms with Crippen LogP contribution >= 0.6 is 0 Å². The Balaban J connectivity index is 1.41. The van der Waals surface area contributed by atoms with Gasteiger partial charge in [-0.25, -0.2) is 0 Å². The van der Waals surface area contributed by atoms with Crippen LogP contribution in [0, 0.1) is 12.8 Å². The summed E-state index contributed by atoms with van der Waals surface area (Å²) in [7, 11) is 0. The Hall–Kier alpha value is -2.99. The number of rotatable bonds is 8. The zero-order valence-electron chi connectivity index (χ0n) is 19.9. The van der Waals surface area contributed by atoms with Crippen LogP contribution in [0.25, 0.3) is 0 Å². The normalized spacial score (nSPS) is 15.2. The Morgan fingerprint density at radius 2 is 1.97 bits per heavy atom. The fourth-order valence-electron chi connectivity index (χ4n) is 4.42. The number of nitrogens with zero attached hydrogens (tertiary/aromatic N) is 4. The highest BCUT2D eigenvalue weighted by molar-refractivity contribution is 5.91. The van der Waals surface area contributed by atoms with Crippen LogP contribution < -0.4 is 0 Å². The largest absolute Gasteiger partial charge is 0.351 e. The van der Waals surface area contributed by atoms with E-state index in [1.54, 1.807) is 12.3 Å². The maximum absolute atomic E-state index is 13.4. The number of carbonyl (C=O) groups excluding carboxylic acids is 1. The van der Waals surface area contributed by atoms with Crippen LogP contribution in [0.2, 0.25) is 0 Å². The van der Waals surface area contributed by atoms with Crippen molar-refractivity contribution in [3.05, 3.63) is 83.0 Å². The van der Waals surface area contributed by atoms with Crippen LogP contribution in [0.4, 0.5) is 0 Å². The summed E-state index contributed by atoms with van der Waals surface area (Å²) in [6.07, 6.45) is 5.74. The molecule has 1 aromatic carbocycles. The number of carbonyl (C=O) groups is 1. The Kier molecular flexibility index (Phi) is 7.55. The summed E-state index contributed by atoms with van der Waals surface area (Å²) in [4.78, 5) is 22.0. The molecule has 0 saturated carbocycles. The number of aryl methyl sites for hydroxylation is 1. The molecule has 0 unspecified atom stereocenters. The van der Waals surface area contributed by atoms with Gasteiger partial charge >= 0.3 is 0 Å². The summed E-state index contributed by atoms with van der Waals surface area (Å²) >= 11 is 0. The van der Waals surface area contributed by atoms with Gasteiger partial charge in [0.05, 0.1) is 5.69 Å². The van der Waals surface area contributed by atoms with Gasteiger partial charge in [-0.15, -0.1) is 0 Å². The maximum Gasteiger partial charge on any atom is 0.292 e. The Bertz CT molecular complexity index is 1040. The average molecular weight is 447 g/mol. The number of hydrogen-bond acceptors (Lipinski definition) is 5. The van der Waals surface area contributed by atoms with Gasteiger partial charge in [-0.1, -0.05) is 49.3 Å². The van der Waals surface area contributed by atoms with Crippen LogP contribution in [-0.4, -0.2) is 45.5 Å². The third-order valence-corrected chi connectivity index (χ3v) is 6.56. The second-order valence-corrected chi connectivity index (χ2v) is 9.46. The first-order valence-corrected chi connectivity index (χ1v) is 11.9. The number of piperidine rings is 1. The number of benzene rings is 1. The van der Waals surface area contributed by atoms with E-state index in [0.29, 0.717) is 24.8 Å². The molecule has 6 heteroatoms. The molecule has 3 aromatic rings. The van der Waals surface area contributed by atoms with Gasteiger partial charge in [-0.3, -0.25) is 14.7 Å². The molecule has 2 aromatic heterocycles. The lowest BCUT2D eigenvalue weighted by molar-refractivity contribution is 0.0631. The molecule has 0 N–H and O–H groups in total. The van der Waals surface area contributed by atoms with E-state index >= 15 is 0 Å². The summed E-state index contributed by atoms with van der Waals surface area (Å²) in [5, 5.41) is 4.09. The molecule has 0 radical (unpaired) electrons. The summed E-state index contributed by atoms with van der Waals surface area (Å²) in [6, 6.07) is 14.3. The first-order valence-electron chi connectivity index (χ1n) is 11.9. The van der Waals surface area contributed by atoms with Crippen LogP contribution in [0.15, 0.2) is 59.4 Å². The minimum absolute atomic E-state index is 0.0967. The van der Waals surface area contributed by atoms with Crippen molar-refractivity contribution in [1.82, 2.24) is 19.9 Å². The van der Waals surface area contributed by atoms with Crippen LogP contribution in [0.5, 0.6) is 0 Å². The molecular formula is C27H34N4O2. The predicted octanol–water partition coefficient (Wildman–Crippen LogP) is 5.06. The maximum atomic E-state index is 13.4. The first kappa shape index (κ1) is 23.2. The lowest BCUT2D eigenvalue weighted by atomic mass is 9.95. The van der Waals surface area contributed by atoms with Crippen LogP contribution in [0.3, 0.4) is 0 Å². The van der Waals surface area contributed by atoms with Gasteiger partial charge in [-0.05, 0) is 67.4 Å². The van der Waals surface area contributed by atoms with Crippen molar-refractivity contribution in [3.8, 4) is 0 Å². The fraction of sp³-hybridized carbons (Fsp3) is 0.444. The van der Waals surface area contributed by atoms with Gasteiger partial charge in [0.15, 0.2) is 0 Å². The van der Waals surface area contributed by atoms with Crippen molar-refractivity contribution >= 4 is 5.91 Å². The summed E-state index contributed by atoms with van der Waals surface area (Å²) < 4.78 is 5.43. The van der Waals surface area contributed by atoms with Gasteiger partial charge < -0.3 is 9.42 Å². The van der Waals surface area contributed by atoms with Crippen LogP contribution in [0.1, 0.15) is 65.5 Å². The first-order chi connectivity index (χ1) is 16.0. The molecule has 1 aliphatic heterocycles. The third kappa shape index (κ3) is 6.08. The van der Waals surface area contributed by atoms with E-state index in [4.69, 9.17) is 4.52 Å². The number of amides is 1. The third-order valence-electron chi connectivity index (χ3n) is 6.56. The highest BCUT2D eigenvalue weighted by Gasteiger charge is 2.27. The predicted molar refractivity (Wildman–Crippen MR) is 129 cm³/mol. The summed E-state index contributed by atoms with van der Waals surface area (Å²) in [6.45, 7) is 10.6. The molecule has 4 rings (SSSR count). The van der Waals surface area contributed by atoms with Crippen molar-refractivity contribution in [2.75, 3.05) is 19.6 Å². The smallest absolute Gasteiger partial charge is 0.292 e. The van der Waals surface area contributed by atoms with E-state index in [1.165, 1.54) is 11.1 Å². The second-order valence-electron chi connectivity index (χ2n) is 9.46. The van der Waals surface area contributed by atoms with E-state index in [-0.39, 0.29) is 11.8 Å². The number of hydrogen-bond donors (Lipinski definition) is 0. The van der Waals surface area contributed by atoms with Gasteiger partial charge in [0.1, 0.15) is 0 Å². The SMILES string of the molecule is Cc1ccccc1CN1CCC(CN(Cc2cccnc2)C(=O)c2cc(C(C)C)no2)CC1. The molecule has 174 valence electrons. The highest BCUT2D eigenvalue weighted by atomic mass is 16.5. The molecule has 0 spiro atoms. The summed E-state index contributed by atoms with van der Waals surface area (Å²) in [5.74, 6) is 0.908. The minimum atomic E-state index is -0.0967. The molecule has 1 amide bonds. The van der Waals surface area contributed by atoms with Crippen LogP contribution in [-0.2, 0) is 13.1 Å². The molecule has 0 aliphatic carbocycles. The Labute approximate surface area is 196 Å². The molecule has 3 heterocycles. The minimum Gasteiger partial charge on any atom is -0.351 e. The lowest BCUT2D eigenvalue weighted by Gasteiger charge is -2.35. The van der Waals surface area contributed by atoms with E-state index < -0.39 is 0 Å². The van der Waals surface area contributed by atoms with Gasteiger partial charge in [0.25, 0.3) is 5.91 Å². The highest BCUT2D eigenvalue weighted by Crippen LogP contribution is 2.23. The molecule has 6 nitrogen and oxygen atoms in total. The van der Waals surface area contributed by atoms with Crippen molar-refractivity contribution in [1.29, 1.82) is 0 Å². The lowest BCUT2D eigenvalue weighted by Crippen LogP contribution is -2.40. The molecule has 1 saturated heterocycles. The Morgan fingerprint density at radius 3 is 2.64 bits per heavy atom. The van der Waals surface area contributed by atoms with Gasteiger partial charge in [0.2, 0.25) is 5.76 Å². The van der Waals surface area contributed by atoms with Gasteiger partial charge in [-0.2, -0.15) is 0 Å². The zero-order valence-corrected chi connectivity index (χ0v) is 19.9. The fourth-order valence-corrected chi connectivity index (χ4v) is 4.42. The van der Waals surface area contributed by atoms with Crippen molar-refractivity contribution in [3.63, 3.8) is 0 Å². The van der Waals surface area contributed by atoms with E-state index in [2.05, 4.69) is 46.2 Å². The van der Waals surface area contributed by atoms with Crippen molar-refractivity contribution in [2.24, 2.45) is 5.92 Å². The van der Waals surface area contributed by atoms with E-state index in [9.17, 15) is 4.79 Å². The van der Waals surface area contributed by atoms with E-state index in [1.807, 2.05) is 37.1 Å². The number of pyridine rings is 1. The van der Waals surface area contributed by atoms with Crippen molar-refractivity contribution in [2.45, 2.75) is 52.6 Å². The molecule has 33 heavy (non-hydrogen) atoms. The average Bonchev–Trinajstić information content (AvgIpc) is 3.32. The molecule has 1 fully saturated rings.